The third-order valence-electron chi connectivity index (χ3n) is 4.23. The molecule has 154 valence electrons. The minimum atomic E-state index is -5.80. The third kappa shape index (κ3) is 7.86. The first-order valence-corrected chi connectivity index (χ1v) is 8.41. The lowest BCUT2D eigenvalue weighted by Gasteiger charge is -2.32. The second-order valence-corrected chi connectivity index (χ2v) is 7.30. The zero-order valence-electron chi connectivity index (χ0n) is 15.7. The normalized spacial score (nSPS) is 14.3. The van der Waals surface area contributed by atoms with Crippen molar-refractivity contribution in [3.05, 3.63) is 0 Å². The highest BCUT2D eigenvalue weighted by Gasteiger charge is 2.58. The summed E-state index contributed by atoms with van der Waals surface area (Å²) >= 11 is 0. The lowest BCUT2D eigenvalue weighted by atomic mass is 9.73. The van der Waals surface area contributed by atoms with Crippen molar-refractivity contribution in [2.75, 3.05) is 13.2 Å². The van der Waals surface area contributed by atoms with E-state index in [1.165, 1.54) is 0 Å². The number of carbonyl (C=O) groups excluding carboxylic acids is 2. The van der Waals surface area contributed by atoms with Crippen LogP contribution in [0.4, 0.5) is 22.0 Å². The van der Waals surface area contributed by atoms with E-state index in [0.717, 1.165) is 0 Å². The molecule has 0 amide bonds. The molecule has 1 unspecified atom stereocenters. The average molecular weight is 390 g/mol. The smallest absolute Gasteiger partial charge is 0.456 e. The van der Waals surface area contributed by atoms with Gasteiger partial charge in [-0.3, -0.25) is 9.59 Å². The molecule has 0 aromatic carbocycles. The molecule has 1 atom stereocenters. The molecule has 4 nitrogen and oxygen atoms in total. The molecule has 0 rings (SSSR count). The predicted molar refractivity (Wildman–Crippen MR) is 84.6 cm³/mol. The number of halogens is 5. The van der Waals surface area contributed by atoms with E-state index in [9.17, 15) is 31.5 Å². The van der Waals surface area contributed by atoms with Crippen molar-refractivity contribution in [2.45, 2.75) is 66.0 Å². The maximum Gasteiger partial charge on any atom is 0.456 e. The molecule has 0 fully saturated rings. The third-order valence-corrected chi connectivity index (χ3v) is 4.23. The van der Waals surface area contributed by atoms with Crippen molar-refractivity contribution in [3.8, 4) is 0 Å². The van der Waals surface area contributed by atoms with Gasteiger partial charge in [-0.1, -0.05) is 41.0 Å². The summed E-state index contributed by atoms with van der Waals surface area (Å²) in [6, 6.07) is 0. The first-order chi connectivity index (χ1) is 11.6. The first-order valence-electron chi connectivity index (χ1n) is 8.41. The van der Waals surface area contributed by atoms with Crippen LogP contribution in [0.25, 0.3) is 0 Å². The van der Waals surface area contributed by atoms with E-state index < -0.39 is 49.6 Å². The number of alkyl halides is 5. The molecule has 0 radical (unpaired) electrons. The summed E-state index contributed by atoms with van der Waals surface area (Å²) in [5, 5.41) is 0. The minimum Gasteiger partial charge on any atom is -0.465 e. The number of hydrogen-bond acceptors (Lipinski definition) is 4. The highest BCUT2D eigenvalue weighted by atomic mass is 19.4. The Bertz CT molecular complexity index is 472. The van der Waals surface area contributed by atoms with Crippen molar-refractivity contribution < 1.29 is 41.0 Å². The zero-order chi connectivity index (χ0) is 20.8. The van der Waals surface area contributed by atoms with Crippen molar-refractivity contribution >= 4 is 11.9 Å². The number of hydrogen-bond donors (Lipinski definition) is 0. The Hall–Kier alpha value is -1.41. The van der Waals surface area contributed by atoms with E-state index in [4.69, 9.17) is 4.74 Å². The maximum atomic E-state index is 12.7. The molecule has 26 heavy (non-hydrogen) atoms. The Morgan fingerprint density at radius 1 is 1.00 bits per heavy atom. The fraction of sp³-hybridized carbons (Fsp3) is 0.882. The molecule has 0 N–H and O–H groups in total. The molecular weight excluding hydrogens is 363 g/mol. The SMILES string of the molecule is CCC(C)(C)C(CC(C)C)C(=O)OCCC(=O)OCC(F)(F)C(F)(F)F. The van der Waals surface area contributed by atoms with Crippen LogP contribution >= 0.6 is 0 Å². The molecule has 0 saturated heterocycles. The Morgan fingerprint density at radius 2 is 1.54 bits per heavy atom. The Balaban J connectivity index is 4.52. The van der Waals surface area contributed by atoms with E-state index in [1.807, 2.05) is 34.6 Å². The molecule has 0 heterocycles. The monoisotopic (exact) mass is 390 g/mol. The van der Waals surface area contributed by atoms with Gasteiger partial charge in [0.25, 0.3) is 0 Å². The van der Waals surface area contributed by atoms with Gasteiger partial charge in [-0.2, -0.15) is 22.0 Å². The summed E-state index contributed by atoms with van der Waals surface area (Å²) in [6.45, 7) is 7.11. The second-order valence-electron chi connectivity index (χ2n) is 7.30. The van der Waals surface area contributed by atoms with E-state index in [-0.39, 0.29) is 11.3 Å². The van der Waals surface area contributed by atoms with E-state index >= 15 is 0 Å². The van der Waals surface area contributed by atoms with Gasteiger partial charge in [0.05, 0.1) is 12.3 Å². The molecule has 9 heteroatoms. The van der Waals surface area contributed by atoms with Crippen molar-refractivity contribution in [2.24, 2.45) is 17.3 Å². The van der Waals surface area contributed by atoms with Gasteiger partial charge in [0, 0.05) is 0 Å². The minimum absolute atomic E-state index is 0.230. The van der Waals surface area contributed by atoms with E-state index in [2.05, 4.69) is 4.74 Å². The highest BCUT2D eigenvalue weighted by molar-refractivity contribution is 5.74. The lowest BCUT2D eigenvalue weighted by molar-refractivity contribution is -0.294. The summed E-state index contributed by atoms with van der Waals surface area (Å²) in [7, 11) is 0. The van der Waals surface area contributed by atoms with Gasteiger partial charge in [-0.05, 0) is 17.8 Å². The zero-order valence-corrected chi connectivity index (χ0v) is 15.7. The van der Waals surface area contributed by atoms with Crippen LogP contribution in [0.15, 0.2) is 0 Å². The van der Waals surface area contributed by atoms with Gasteiger partial charge >= 0.3 is 24.0 Å². The van der Waals surface area contributed by atoms with Crippen LogP contribution in [0, 0.1) is 17.3 Å². The van der Waals surface area contributed by atoms with Gasteiger partial charge < -0.3 is 9.47 Å². The van der Waals surface area contributed by atoms with Crippen LogP contribution in [-0.2, 0) is 19.1 Å². The molecule has 0 spiro atoms. The summed E-state index contributed by atoms with van der Waals surface area (Å²) in [6.07, 6.45) is -5.11. The van der Waals surface area contributed by atoms with Crippen LogP contribution < -0.4 is 0 Å². The lowest BCUT2D eigenvalue weighted by Crippen LogP contribution is -2.41. The molecule has 0 bridgehead atoms. The largest absolute Gasteiger partial charge is 0.465 e. The predicted octanol–water partition coefficient (Wildman–Crippen LogP) is 4.76. The standard InChI is InChI=1S/C17H27F5O4/c1-6-15(4,5)12(9-11(2)3)14(24)25-8-7-13(23)26-10-16(18,19)17(20,21)22/h11-12H,6-10H2,1-5H3. The Kier molecular flexibility index (Phi) is 8.99. The number of carbonyl (C=O) groups is 2. The quantitative estimate of drug-likeness (QED) is 0.399. The van der Waals surface area contributed by atoms with Crippen LogP contribution in [0.3, 0.4) is 0 Å². The van der Waals surface area contributed by atoms with Crippen molar-refractivity contribution in [1.29, 1.82) is 0 Å². The molecule has 0 aliphatic heterocycles. The van der Waals surface area contributed by atoms with E-state index in [0.29, 0.717) is 12.8 Å². The van der Waals surface area contributed by atoms with Crippen LogP contribution in [0.5, 0.6) is 0 Å². The maximum absolute atomic E-state index is 12.7. The average Bonchev–Trinajstić information content (AvgIpc) is 2.49. The number of rotatable bonds is 10. The molecule has 0 aromatic heterocycles. The second kappa shape index (κ2) is 9.50. The molecule has 0 aliphatic rings. The fourth-order valence-electron chi connectivity index (χ4n) is 2.11. The van der Waals surface area contributed by atoms with Crippen molar-refractivity contribution in [3.63, 3.8) is 0 Å². The molecule has 0 aliphatic carbocycles. The van der Waals surface area contributed by atoms with Crippen LogP contribution in [0.2, 0.25) is 0 Å². The molecule has 0 saturated carbocycles. The Labute approximate surface area is 150 Å². The van der Waals surface area contributed by atoms with Gasteiger partial charge in [0.1, 0.15) is 6.61 Å². The van der Waals surface area contributed by atoms with Gasteiger partial charge in [0.2, 0.25) is 0 Å². The van der Waals surface area contributed by atoms with Crippen molar-refractivity contribution in [1.82, 2.24) is 0 Å². The Morgan fingerprint density at radius 3 is 1.96 bits per heavy atom. The molecular formula is C17H27F5O4. The van der Waals surface area contributed by atoms with E-state index in [1.54, 1.807) is 0 Å². The summed E-state index contributed by atoms with van der Waals surface area (Å²) in [5.41, 5.74) is -0.337. The van der Waals surface area contributed by atoms with Gasteiger partial charge in [-0.25, -0.2) is 0 Å². The summed E-state index contributed by atoms with van der Waals surface area (Å²) in [5.74, 6) is -7.13. The fourth-order valence-corrected chi connectivity index (χ4v) is 2.11. The van der Waals surface area contributed by atoms with Gasteiger partial charge in [0.15, 0.2) is 6.61 Å². The van der Waals surface area contributed by atoms with Crippen LogP contribution in [-0.4, -0.2) is 37.3 Å². The number of ether oxygens (including phenoxy) is 2. The van der Waals surface area contributed by atoms with Crippen LogP contribution in [0.1, 0.15) is 53.9 Å². The first kappa shape index (κ1) is 24.6. The highest BCUT2D eigenvalue weighted by Crippen LogP contribution is 2.36. The number of esters is 2. The summed E-state index contributed by atoms with van der Waals surface area (Å²) in [4.78, 5) is 23.6. The molecule has 0 aromatic rings. The van der Waals surface area contributed by atoms with Gasteiger partial charge in [-0.15, -0.1) is 0 Å². The summed E-state index contributed by atoms with van der Waals surface area (Å²) < 4.78 is 70.2. The topological polar surface area (TPSA) is 52.6 Å².